The maximum atomic E-state index is 12.9. The van der Waals surface area contributed by atoms with Crippen molar-refractivity contribution in [1.29, 1.82) is 0 Å². The lowest BCUT2D eigenvalue weighted by molar-refractivity contribution is -0.385. The van der Waals surface area contributed by atoms with Gasteiger partial charge in [-0.2, -0.15) is 0 Å². The Morgan fingerprint density at radius 1 is 0.968 bits per heavy atom. The number of carbonyl (C=O) groups is 3. The highest BCUT2D eigenvalue weighted by Gasteiger charge is 2.41. The van der Waals surface area contributed by atoms with Crippen LogP contribution in [0.5, 0.6) is 0 Å². The minimum absolute atomic E-state index is 0.0354. The first-order chi connectivity index (χ1) is 14.9. The van der Waals surface area contributed by atoms with Crippen LogP contribution >= 0.6 is 0 Å². The fraction of sp³-hybridized carbons (Fsp3) is 0.0870. The lowest BCUT2D eigenvalue weighted by atomic mass is 10.1. The van der Waals surface area contributed by atoms with E-state index in [-0.39, 0.29) is 34.3 Å². The number of anilines is 1. The second kappa shape index (κ2) is 7.83. The molecular weight excluding hydrogens is 398 g/mol. The van der Waals surface area contributed by atoms with E-state index in [2.05, 4.69) is 5.32 Å². The van der Waals surface area contributed by atoms with Crippen LogP contribution in [-0.2, 0) is 0 Å². The van der Waals surface area contributed by atoms with Crippen molar-refractivity contribution >= 4 is 29.1 Å². The molecule has 0 saturated heterocycles. The van der Waals surface area contributed by atoms with E-state index in [1.165, 1.54) is 30.3 Å². The molecule has 1 aliphatic rings. The molecule has 3 amide bonds. The van der Waals surface area contributed by atoms with Crippen LogP contribution in [0.4, 0.5) is 11.4 Å². The molecule has 0 aromatic heterocycles. The number of nitro benzene ring substituents is 1. The molecule has 1 N–H and O–H groups in total. The molecule has 0 bridgehead atoms. The topological polar surface area (TPSA) is 110 Å². The molecule has 3 aromatic carbocycles. The molecule has 31 heavy (non-hydrogen) atoms. The van der Waals surface area contributed by atoms with Crippen LogP contribution in [0.1, 0.15) is 49.6 Å². The Morgan fingerprint density at radius 3 is 2.39 bits per heavy atom. The first kappa shape index (κ1) is 20.0. The van der Waals surface area contributed by atoms with Crippen molar-refractivity contribution in [3.8, 4) is 0 Å². The highest BCUT2D eigenvalue weighted by molar-refractivity contribution is 6.35. The second-order valence-corrected chi connectivity index (χ2v) is 7.06. The Labute approximate surface area is 177 Å². The number of imide groups is 1. The van der Waals surface area contributed by atoms with Crippen LogP contribution in [-0.4, -0.2) is 22.6 Å². The first-order valence-corrected chi connectivity index (χ1v) is 9.50. The number of benzene rings is 3. The van der Waals surface area contributed by atoms with Crippen LogP contribution in [0.15, 0.2) is 72.8 Å². The van der Waals surface area contributed by atoms with Gasteiger partial charge in [0.05, 0.1) is 22.2 Å². The van der Waals surface area contributed by atoms with E-state index in [4.69, 9.17) is 0 Å². The Kier molecular flexibility index (Phi) is 5.04. The maximum Gasteiger partial charge on any atom is 0.283 e. The van der Waals surface area contributed by atoms with Crippen molar-refractivity contribution in [1.82, 2.24) is 5.32 Å². The smallest absolute Gasteiger partial charge is 0.283 e. The van der Waals surface area contributed by atoms with Crippen LogP contribution < -0.4 is 10.2 Å². The van der Waals surface area contributed by atoms with Crippen molar-refractivity contribution in [2.45, 2.75) is 13.0 Å². The van der Waals surface area contributed by atoms with E-state index in [0.29, 0.717) is 0 Å². The highest BCUT2D eigenvalue weighted by Crippen LogP contribution is 2.34. The van der Waals surface area contributed by atoms with E-state index in [1.54, 1.807) is 12.1 Å². The number of nitrogens with zero attached hydrogens (tertiary/aromatic N) is 2. The predicted molar refractivity (Wildman–Crippen MR) is 113 cm³/mol. The average Bonchev–Trinajstić information content (AvgIpc) is 3.04. The van der Waals surface area contributed by atoms with Gasteiger partial charge in [0.25, 0.3) is 23.4 Å². The third-order valence-corrected chi connectivity index (χ3v) is 5.10. The van der Waals surface area contributed by atoms with Gasteiger partial charge in [0, 0.05) is 11.6 Å². The van der Waals surface area contributed by atoms with Gasteiger partial charge in [0.2, 0.25) is 0 Å². The van der Waals surface area contributed by atoms with Crippen molar-refractivity contribution in [3.63, 3.8) is 0 Å². The Balaban J connectivity index is 1.62. The number of nitrogens with one attached hydrogen (secondary N) is 1. The first-order valence-electron chi connectivity index (χ1n) is 9.50. The molecule has 0 fully saturated rings. The molecule has 1 atom stereocenters. The molecule has 0 saturated carbocycles. The van der Waals surface area contributed by atoms with Crippen LogP contribution in [0.25, 0.3) is 0 Å². The van der Waals surface area contributed by atoms with E-state index < -0.39 is 22.4 Å². The fourth-order valence-electron chi connectivity index (χ4n) is 3.55. The summed E-state index contributed by atoms with van der Waals surface area (Å²) in [5.41, 5.74) is 0.646. The van der Waals surface area contributed by atoms with Gasteiger partial charge < -0.3 is 5.32 Å². The summed E-state index contributed by atoms with van der Waals surface area (Å²) in [6.07, 6.45) is 0. The number of hydrogen-bond acceptors (Lipinski definition) is 5. The quantitative estimate of drug-likeness (QED) is 0.386. The Hall–Kier alpha value is -4.33. The normalized spacial score (nSPS) is 13.6. The highest BCUT2D eigenvalue weighted by atomic mass is 16.6. The van der Waals surface area contributed by atoms with Crippen molar-refractivity contribution in [2.24, 2.45) is 0 Å². The zero-order valence-corrected chi connectivity index (χ0v) is 16.4. The summed E-state index contributed by atoms with van der Waals surface area (Å²) in [4.78, 5) is 49.9. The lowest BCUT2D eigenvalue weighted by Gasteiger charge is -2.17. The average molecular weight is 415 g/mol. The van der Waals surface area contributed by atoms with Gasteiger partial charge in [-0.3, -0.25) is 24.5 Å². The van der Waals surface area contributed by atoms with E-state index in [9.17, 15) is 24.5 Å². The maximum absolute atomic E-state index is 12.9. The minimum Gasteiger partial charge on any atom is -0.346 e. The second-order valence-electron chi connectivity index (χ2n) is 7.06. The third-order valence-electron chi connectivity index (χ3n) is 5.10. The summed E-state index contributed by atoms with van der Waals surface area (Å²) in [6.45, 7) is 1.85. The van der Waals surface area contributed by atoms with Gasteiger partial charge in [0.15, 0.2) is 0 Å². The zero-order valence-electron chi connectivity index (χ0n) is 16.4. The summed E-state index contributed by atoms with van der Waals surface area (Å²) in [6, 6.07) is 19.1. The summed E-state index contributed by atoms with van der Waals surface area (Å²) in [5.74, 6) is -1.83. The molecule has 0 spiro atoms. The number of amides is 3. The molecule has 1 unspecified atom stereocenters. The predicted octanol–water partition coefficient (Wildman–Crippen LogP) is 3.89. The number of carbonyl (C=O) groups excluding carboxylic acids is 3. The third kappa shape index (κ3) is 3.55. The number of rotatable bonds is 5. The molecule has 8 nitrogen and oxygen atoms in total. The van der Waals surface area contributed by atoms with E-state index in [0.717, 1.165) is 10.5 Å². The molecule has 8 heteroatoms. The number of nitro groups is 1. The van der Waals surface area contributed by atoms with Crippen LogP contribution in [0.3, 0.4) is 0 Å². The Bertz CT molecular complexity index is 1220. The fourth-order valence-corrected chi connectivity index (χ4v) is 3.55. The van der Waals surface area contributed by atoms with Gasteiger partial charge in [-0.15, -0.1) is 0 Å². The molecule has 0 radical (unpaired) electrons. The van der Waals surface area contributed by atoms with E-state index >= 15 is 0 Å². The summed E-state index contributed by atoms with van der Waals surface area (Å²) in [7, 11) is 0. The molecule has 154 valence electrons. The van der Waals surface area contributed by atoms with Crippen molar-refractivity contribution < 1.29 is 19.3 Å². The van der Waals surface area contributed by atoms with Gasteiger partial charge in [0.1, 0.15) is 5.56 Å². The molecular formula is C23H17N3O5. The van der Waals surface area contributed by atoms with Crippen LogP contribution in [0, 0.1) is 10.1 Å². The monoisotopic (exact) mass is 415 g/mol. The minimum atomic E-state index is -0.789. The summed E-state index contributed by atoms with van der Waals surface area (Å²) >= 11 is 0. The van der Waals surface area contributed by atoms with Gasteiger partial charge >= 0.3 is 0 Å². The molecule has 1 aliphatic heterocycles. The summed E-state index contributed by atoms with van der Waals surface area (Å²) in [5, 5.41) is 14.2. The molecule has 1 heterocycles. The van der Waals surface area contributed by atoms with Crippen molar-refractivity contribution in [3.05, 3.63) is 105 Å². The zero-order chi connectivity index (χ0) is 22.1. The van der Waals surface area contributed by atoms with E-state index in [1.807, 2.05) is 37.3 Å². The van der Waals surface area contributed by atoms with Gasteiger partial charge in [-0.1, -0.05) is 42.5 Å². The van der Waals surface area contributed by atoms with Gasteiger partial charge in [-0.05, 0) is 36.8 Å². The Morgan fingerprint density at radius 2 is 1.68 bits per heavy atom. The standard InChI is InChI=1S/C23H17N3O5/c1-14(15-7-3-2-4-8-15)24-21(27)16-9-5-10-17(13-16)25-22(28)18-11-6-12-19(26(30)31)20(18)23(25)29/h2-14H,1H3,(H,24,27). The molecule has 4 rings (SSSR count). The number of hydrogen-bond donors (Lipinski definition) is 1. The van der Waals surface area contributed by atoms with Crippen LogP contribution in [0.2, 0.25) is 0 Å². The SMILES string of the molecule is CC(NC(=O)c1cccc(N2C(=O)c3cccc([N+](=O)[O-])c3C2=O)c1)c1ccccc1. The molecule has 0 aliphatic carbocycles. The van der Waals surface area contributed by atoms with Gasteiger partial charge in [-0.25, -0.2) is 4.90 Å². The largest absolute Gasteiger partial charge is 0.346 e. The van der Waals surface area contributed by atoms with Crippen molar-refractivity contribution in [2.75, 3.05) is 4.90 Å². The lowest BCUT2D eigenvalue weighted by Crippen LogP contribution is -2.30. The molecule has 3 aromatic rings. The summed E-state index contributed by atoms with van der Waals surface area (Å²) < 4.78 is 0. The number of fused-ring (bicyclic) bond motifs is 1.